The van der Waals surface area contributed by atoms with Gasteiger partial charge in [-0.1, -0.05) is 37.7 Å². The number of nitrogens with one attached hydrogen (secondary N) is 3. The fourth-order valence-electron chi connectivity index (χ4n) is 9.91. The standard InChI is InChI=1S/C48H59N9O7/c1-5-38-47(62)55(3)40-28-49-48(53-43(40)57(38)34-13-6-7-14-34)51-37-21-16-31(27-41(37)63-4)44(59)50-32-17-19-33(20-18-32)54(2)24-26-64-25-9-8-11-30-12-10-15-35-36(30)29-56(46(35)61)39-22-23-42(58)52-45(39)60/h10,12,15-16,21,27-28,32-34,38-39H,5-7,9,13-14,17-20,22-26,29H2,1-4H3,(H,50,59)(H,49,51,53)(H,52,58,60)/t32?,33?,38-,39?/m1/s1. The lowest BCUT2D eigenvalue weighted by molar-refractivity contribution is -0.137. The van der Waals surface area contributed by atoms with Crippen LogP contribution in [0.3, 0.4) is 0 Å². The predicted molar refractivity (Wildman–Crippen MR) is 241 cm³/mol. The second kappa shape index (κ2) is 19.8. The summed E-state index contributed by atoms with van der Waals surface area (Å²) in [4.78, 5) is 81.2. The number of aromatic nitrogens is 2. The summed E-state index contributed by atoms with van der Waals surface area (Å²) in [5.74, 6) is 7.01. The Bertz CT molecular complexity index is 2330. The molecular weight excluding hydrogens is 815 g/mol. The minimum atomic E-state index is -0.657. The van der Waals surface area contributed by atoms with E-state index in [1.54, 1.807) is 54.4 Å². The van der Waals surface area contributed by atoms with E-state index in [2.05, 4.69) is 49.6 Å². The molecule has 1 saturated heterocycles. The molecule has 3 aromatic rings. The van der Waals surface area contributed by atoms with E-state index >= 15 is 0 Å². The molecule has 0 radical (unpaired) electrons. The van der Waals surface area contributed by atoms with Crippen LogP contribution >= 0.6 is 0 Å². The van der Waals surface area contributed by atoms with E-state index in [0.29, 0.717) is 79.3 Å². The van der Waals surface area contributed by atoms with Crippen molar-refractivity contribution in [3.05, 3.63) is 64.8 Å². The zero-order valence-corrected chi connectivity index (χ0v) is 37.3. The van der Waals surface area contributed by atoms with Crippen LogP contribution in [0.2, 0.25) is 0 Å². The Kier molecular flexibility index (Phi) is 13.8. The van der Waals surface area contributed by atoms with E-state index in [0.717, 1.165) is 74.9 Å². The molecular formula is C48H59N9O7. The molecule has 3 N–H and O–H groups in total. The van der Waals surface area contributed by atoms with Gasteiger partial charge in [0.05, 0.1) is 32.2 Å². The average Bonchev–Trinajstić information content (AvgIpc) is 3.96. The fourth-order valence-corrected chi connectivity index (χ4v) is 9.91. The first-order valence-electron chi connectivity index (χ1n) is 22.8. The van der Waals surface area contributed by atoms with Gasteiger partial charge in [-0.25, -0.2) is 4.98 Å². The third-order valence-corrected chi connectivity index (χ3v) is 13.5. The molecule has 2 aliphatic carbocycles. The molecule has 1 aromatic heterocycles. The Morgan fingerprint density at radius 3 is 2.56 bits per heavy atom. The molecule has 5 amide bonds. The van der Waals surface area contributed by atoms with Crippen molar-refractivity contribution in [1.82, 2.24) is 30.4 Å². The number of ether oxygens (including phenoxy) is 2. The SMILES string of the molecule is CC[C@@H]1C(=O)N(C)c2cnc(Nc3ccc(C(=O)NC4CCC(N(C)CCOCCC#Cc5cccc6c5CN(C5CCC(=O)NC5=O)C6=O)CC4)cc3OC)nc2N1C1CCCC1. The van der Waals surface area contributed by atoms with Crippen molar-refractivity contribution in [1.29, 1.82) is 0 Å². The molecule has 3 aliphatic heterocycles. The number of amides is 5. The summed E-state index contributed by atoms with van der Waals surface area (Å²) in [5, 5.41) is 8.89. The zero-order chi connectivity index (χ0) is 44.9. The Balaban J connectivity index is 0.771. The first kappa shape index (κ1) is 44.6. The zero-order valence-electron chi connectivity index (χ0n) is 37.3. The highest BCUT2D eigenvalue weighted by Crippen LogP contribution is 2.40. The number of anilines is 4. The number of likely N-dealkylation sites (N-methyl/N-ethyl adjacent to an activating group) is 2. The number of piperidine rings is 1. The monoisotopic (exact) mass is 873 g/mol. The second-order valence-electron chi connectivity index (χ2n) is 17.5. The van der Waals surface area contributed by atoms with E-state index < -0.39 is 11.9 Å². The van der Waals surface area contributed by atoms with Crippen molar-refractivity contribution >= 4 is 52.7 Å². The van der Waals surface area contributed by atoms with Gasteiger partial charge < -0.3 is 39.7 Å². The van der Waals surface area contributed by atoms with Crippen molar-refractivity contribution in [2.75, 3.05) is 56.1 Å². The molecule has 338 valence electrons. The first-order chi connectivity index (χ1) is 31.0. The van der Waals surface area contributed by atoms with Crippen LogP contribution in [0.5, 0.6) is 5.75 Å². The predicted octanol–water partition coefficient (Wildman–Crippen LogP) is 4.93. The second-order valence-corrected chi connectivity index (χ2v) is 17.5. The van der Waals surface area contributed by atoms with Crippen molar-refractivity contribution in [2.24, 2.45) is 0 Å². The van der Waals surface area contributed by atoms with Crippen molar-refractivity contribution in [3.63, 3.8) is 0 Å². The number of fused-ring (bicyclic) bond motifs is 2. The quantitative estimate of drug-likeness (QED) is 0.113. The number of rotatable bonds is 14. The largest absolute Gasteiger partial charge is 0.495 e. The summed E-state index contributed by atoms with van der Waals surface area (Å²) in [6, 6.07) is 10.6. The van der Waals surface area contributed by atoms with Crippen molar-refractivity contribution in [3.8, 4) is 17.6 Å². The lowest BCUT2D eigenvalue weighted by Gasteiger charge is -2.43. The molecule has 64 heavy (non-hydrogen) atoms. The molecule has 4 heterocycles. The molecule has 5 aliphatic rings. The molecule has 16 heteroatoms. The van der Waals surface area contributed by atoms with Gasteiger partial charge in [0.25, 0.3) is 11.8 Å². The van der Waals surface area contributed by atoms with E-state index in [1.807, 2.05) is 19.1 Å². The molecule has 2 atom stereocenters. The lowest BCUT2D eigenvalue weighted by Crippen LogP contribution is -2.55. The van der Waals surface area contributed by atoms with Gasteiger partial charge in [0.2, 0.25) is 23.7 Å². The number of carbonyl (C=O) groups is 5. The third kappa shape index (κ3) is 9.42. The van der Waals surface area contributed by atoms with Gasteiger partial charge >= 0.3 is 0 Å². The van der Waals surface area contributed by atoms with Gasteiger partial charge in [-0.05, 0) is 94.3 Å². The number of benzene rings is 2. The molecule has 3 fully saturated rings. The van der Waals surface area contributed by atoms with E-state index in [1.165, 1.54) is 0 Å². The maximum absolute atomic E-state index is 13.5. The average molecular weight is 874 g/mol. The van der Waals surface area contributed by atoms with E-state index in [4.69, 9.17) is 14.5 Å². The molecule has 1 unspecified atom stereocenters. The summed E-state index contributed by atoms with van der Waals surface area (Å²) in [6.45, 7) is 4.18. The van der Waals surface area contributed by atoms with Crippen LogP contribution in [0.4, 0.5) is 23.1 Å². The normalized spacial score (nSPS) is 22.2. The summed E-state index contributed by atoms with van der Waals surface area (Å²) in [5.41, 5.74) is 3.97. The van der Waals surface area contributed by atoms with Crippen LogP contribution in [0, 0.1) is 11.8 Å². The highest BCUT2D eigenvalue weighted by atomic mass is 16.5. The maximum Gasteiger partial charge on any atom is 0.255 e. The summed E-state index contributed by atoms with van der Waals surface area (Å²) < 4.78 is 11.7. The van der Waals surface area contributed by atoms with Crippen LogP contribution < -0.4 is 30.5 Å². The van der Waals surface area contributed by atoms with Crippen LogP contribution in [0.1, 0.15) is 116 Å². The van der Waals surface area contributed by atoms with Crippen molar-refractivity contribution in [2.45, 2.75) is 121 Å². The number of imide groups is 1. The Labute approximate surface area is 374 Å². The van der Waals surface area contributed by atoms with Crippen LogP contribution in [-0.4, -0.2) is 120 Å². The first-order valence-corrected chi connectivity index (χ1v) is 22.8. The van der Waals surface area contributed by atoms with Crippen LogP contribution in [0.15, 0.2) is 42.6 Å². The molecule has 0 spiro atoms. The third-order valence-electron chi connectivity index (χ3n) is 13.5. The van der Waals surface area contributed by atoms with Gasteiger partial charge in [0.15, 0.2) is 5.82 Å². The molecule has 0 bridgehead atoms. The van der Waals surface area contributed by atoms with Crippen LogP contribution in [0.25, 0.3) is 0 Å². The van der Waals surface area contributed by atoms with Gasteiger partial charge in [0, 0.05) is 67.8 Å². The van der Waals surface area contributed by atoms with Gasteiger partial charge in [-0.2, -0.15) is 4.98 Å². The highest BCUT2D eigenvalue weighted by Gasteiger charge is 2.42. The maximum atomic E-state index is 13.5. The molecule has 8 rings (SSSR count). The number of hydrogen-bond donors (Lipinski definition) is 3. The number of carbonyl (C=O) groups excluding carboxylic acids is 5. The summed E-state index contributed by atoms with van der Waals surface area (Å²) in [6.07, 6.45) is 11.5. The lowest BCUT2D eigenvalue weighted by atomic mass is 9.90. The van der Waals surface area contributed by atoms with Gasteiger partial charge in [-0.3, -0.25) is 29.3 Å². The molecule has 16 nitrogen and oxygen atoms in total. The Morgan fingerprint density at radius 2 is 1.81 bits per heavy atom. The van der Waals surface area contributed by atoms with E-state index in [9.17, 15) is 24.0 Å². The number of hydrogen-bond acceptors (Lipinski definition) is 12. The fraction of sp³-hybridized carbons (Fsp3) is 0.521. The van der Waals surface area contributed by atoms with E-state index in [-0.39, 0.29) is 48.2 Å². The minimum absolute atomic E-state index is 0.0685. The molecule has 2 saturated carbocycles. The Hall–Kier alpha value is -6.05. The van der Waals surface area contributed by atoms with Gasteiger partial charge in [-0.15, -0.1) is 0 Å². The highest BCUT2D eigenvalue weighted by molar-refractivity contribution is 6.06. The van der Waals surface area contributed by atoms with Crippen LogP contribution in [-0.2, 0) is 25.7 Å². The smallest absolute Gasteiger partial charge is 0.255 e. The topological polar surface area (TPSA) is 179 Å². The minimum Gasteiger partial charge on any atom is -0.495 e. The number of nitrogens with zero attached hydrogens (tertiary/aromatic N) is 6. The summed E-state index contributed by atoms with van der Waals surface area (Å²) >= 11 is 0. The van der Waals surface area contributed by atoms with Gasteiger partial charge in [0.1, 0.15) is 23.5 Å². The summed E-state index contributed by atoms with van der Waals surface area (Å²) in [7, 11) is 5.48. The Morgan fingerprint density at radius 1 is 1.02 bits per heavy atom. The molecule has 2 aromatic carbocycles. The van der Waals surface area contributed by atoms with Crippen molar-refractivity contribution < 1.29 is 33.4 Å². The number of methoxy groups -OCH3 is 1.